The summed E-state index contributed by atoms with van der Waals surface area (Å²) in [5, 5.41) is 0.956. The second kappa shape index (κ2) is 5.35. The molecule has 18 heavy (non-hydrogen) atoms. The minimum Gasteiger partial charge on any atom is -0.481 e. The molecule has 0 saturated carbocycles. The van der Waals surface area contributed by atoms with Crippen LogP contribution in [0.1, 0.15) is 5.56 Å². The maximum atomic E-state index is 11.4. The van der Waals surface area contributed by atoms with E-state index < -0.39 is 0 Å². The summed E-state index contributed by atoms with van der Waals surface area (Å²) < 4.78 is 10.6. The third kappa shape index (κ3) is 2.46. The lowest BCUT2D eigenvalue weighted by Gasteiger charge is -2.08. The normalized spacial score (nSPS) is 10.4. The van der Waals surface area contributed by atoms with Gasteiger partial charge < -0.3 is 9.47 Å². The summed E-state index contributed by atoms with van der Waals surface area (Å²) >= 11 is 3.43. The van der Waals surface area contributed by atoms with Crippen LogP contribution in [0.3, 0.4) is 0 Å². The molecule has 0 spiro atoms. The number of pyridine rings is 1. The second-order valence-electron chi connectivity index (χ2n) is 3.70. The Morgan fingerprint density at radius 2 is 2.00 bits per heavy atom. The van der Waals surface area contributed by atoms with E-state index in [-0.39, 0.29) is 12.4 Å². The summed E-state index contributed by atoms with van der Waals surface area (Å²) in [6.45, 7) is 0. The number of hydrogen-bond acceptors (Lipinski definition) is 4. The van der Waals surface area contributed by atoms with Crippen molar-refractivity contribution in [2.24, 2.45) is 0 Å². The number of fused-ring (bicyclic) bond motifs is 1. The zero-order valence-corrected chi connectivity index (χ0v) is 11.7. The van der Waals surface area contributed by atoms with Crippen LogP contribution in [0, 0.1) is 0 Å². The lowest BCUT2D eigenvalue weighted by molar-refractivity contribution is -0.139. The number of methoxy groups -OCH3 is 2. The zero-order chi connectivity index (χ0) is 13.1. The van der Waals surface area contributed by atoms with Crippen molar-refractivity contribution < 1.29 is 14.3 Å². The standard InChI is InChI=1S/C13H12BrNO3/c1-17-11-6-4-8-3-5-10(14)9(13(8)15-11)7-12(16)18-2/h3-6H,7H2,1-2H3. The van der Waals surface area contributed by atoms with Crippen LogP contribution >= 0.6 is 15.9 Å². The highest BCUT2D eigenvalue weighted by molar-refractivity contribution is 9.10. The molecule has 0 amide bonds. The number of nitrogens with zero attached hydrogens (tertiary/aromatic N) is 1. The minimum atomic E-state index is -0.298. The number of ether oxygens (including phenoxy) is 2. The summed E-state index contributed by atoms with van der Waals surface area (Å²) in [4.78, 5) is 15.8. The monoisotopic (exact) mass is 309 g/mol. The molecule has 0 saturated heterocycles. The van der Waals surface area contributed by atoms with Gasteiger partial charge in [0.2, 0.25) is 5.88 Å². The average molecular weight is 310 g/mol. The number of rotatable bonds is 3. The van der Waals surface area contributed by atoms with Gasteiger partial charge in [0.25, 0.3) is 0 Å². The molecule has 0 atom stereocenters. The molecule has 1 heterocycles. The van der Waals surface area contributed by atoms with Gasteiger partial charge in [-0.3, -0.25) is 4.79 Å². The molecule has 0 aliphatic rings. The van der Waals surface area contributed by atoms with Crippen molar-refractivity contribution in [2.45, 2.75) is 6.42 Å². The predicted octanol–water partition coefficient (Wildman–Crippen LogP) is 2.72. The van der Waals surface area contributed by atoms with Crippen molar-refractivity contribution in [1.29, 1.82) is 0 Å². The zero-order valence-electron chi connectivity index (χ0n) is 10.1. The molecule has 0 radical (unpaired) electrons. The quantitative estimate of drug-likeness (QED) is 0.818. The summed E-state index contributed by atoms with van der Waals surface area (Å²) in [6.07, 6.45) is 0.175. The fraction of sp³-hybridized carbons (Fsp3) is 0.231. The Balaban J connectivity index is 2.60. The van der Waals surface area contributed by atoms with Gasteiger partial charge in [-0.1, -0.05) is 22.0 Å². The highest BCUT2D eigenvalue weighted by Crippen LogP contribution is 2.27. The molecule has 0 aliphatic heterocycles. The van der Waals surface area contributed by atoms with Gasteiger partial charge >= 0.3 is 5.97 Å². The second-order valence-corrected chi connectivity index (χ2v) is 4.56. The maximum Gasteiger partial charge on any atom is 0.310 e. The van der Waals surface area contributed by atoms with Crippen LogP contribution in [0.25, 0.3) is 10.9 Å². The number of carbonyl (C=O) groups is 1. The van der Waals surface area contributed by atoms with E-state index >= 15 is 0 Å². The van der Waals surface area contributed by atoms with E-state index in [9.17, 15) is 4.79 Å². The van der Waals surface area contributed by atoms with Crippen molar-refractivity contribution in [3.63, 3.8) is 0 Å². The van der Waals surface area contributed by atoms with Crippen LogP contribution in [0.15, 0.2) is 28.7 Å². The molecule has 2 rings (SSSR count). The third-order valence-corrected chi connectivity index (χ3v) is 3.39. The molecule has 94 valence electrons. The van der Waals surface area contributed by atoms with Gasteiger partial charge in [0, 0.05) is 21.5 Å². The molecule has 1 aromatic heterocycles. The van der Waals surface area contributed by atoms with E-state index in [1.54, 1.807) is 13.2 Å². The van der Waals surface area contributed by atoms with Gasteiger partial charge in [0.15, 0.2) is 0 Å². The maximum absolute atomic E-state index is 11.4. The molecule has 4 nitrogen and oxygen atoms in total. The summed E-state index contributed by atoms with van der Waals surface area (Å²) in [7, 11) is 2.93. The topological polar surface area (TPSA) is 48.4 Å². The van der Waals surface area contributed by atoms with Crippen molar-refractivity contribution in [3.05, 3.63) is 34.3 Å². The Kier molecular flexibility index (Phi) is 3.81. The van der Waals surface area contributed by atoms with Crippen molar-refractivity contribution >= 4 is 32.8 Å². The van der Waals surface area contributed by atoms with Gasteiger partial charge in [-0.15, -0.1) is 0 Å². The smallest absolute Gasteiger partial charge is 0.310 e. The fourth-order valence-electron chi connectivity index (χ4n) is 1.70. The molecule has 0 N–H and O–H groups in total. The first-order chi connectivity index (χ1) is 8.65. The van der Waals surface area contributed by atoms with Gasteiger partial charge in [-0.05, 0) is 12.1 Å². The first kappa shape index (κ1) is 12.8. The number of hydrogen-bond donors (Lipinski definition) is 0. The van der Waals surface area contributed by atoms with Crippen molar-refractivity contribution in [2.75, 3.05) is 14.2 Å². The first-order valence-corrected chi connectivity index (χ1v) is 6.14. The number of benzene rings is 1. The minimum absolute atomic E-state index is 0.175. The summed E-state index contributed by atoms with van der Waals surface area (Å²) in [5.74, 6) is 0.222. The number of carbonyl (C=O) groups excluding carboxylic acids is 1. The predicted molar refractivity (Wildman–Crippen MR) is 71.7 cm³/mol. The molecule has 1 aromatic carbocycles. The molecular weight excluding hydrogens is 298 g/mol. The molecular formula is C13H12BrNO3. The Morgan fingerprint density at radius 3 is 2.67 bits per heavy atom. The van der Waals surface area contributed by atoms with E-state index in [1.807, 2.05) is 18.2 Å². The Labute approximate surface area is 113 Å². The van der Waals surface area contributed by atoms with Gasteiger partial charge in [0.1, 0.15) is 0 Å². The molecule has 2 aromatic rings. The molecule has 0 unspecified atom stereocenters. The Bertz CT molecular complexity index is 598. The molecule has 0 fully saturated rings. The SMILES string of the molecule is COC(=O)Cc1c(Br)ccc2ccc(OC)nc12. The molecule has 0 bridgehead atoms. The fourth-order valence-corrected chi connectivity index (χ4v) is 2.16. The van der Waals surface area contributed by atoms with E-state index in [0.29, 0.717) is 5.88 Å². The van der Waals surface area contributed by atoms with Crippen LogP contribution in [0.5, 0.6) is 5.88 Å². The van der Waals surface area contributed by atoms with Crippen LogP contribution in [0.2, 0.25) is 0 Å². The van der Waals surface area contributed by atoms with E-state index in [4.69, 9.17) is 9.47 Å². The third-order valence-electron chi connectivity index (χ3n) is 2.64. The molecule has 0 aliphatic carbocycles. The van der Waals surface area contributed by atoms with Crippen molar-refractivity contribution in [1.82, 2.24) is 4.98 Å². The lowest BCUT2D eigenvalue weighted by atomic mass is 10.1. The number of esters is 1. The van der Waals surface area contributed by atoms with Crippen molar-refractivity contribution in [3.8, 4) is 5.88 Å². The summed E-state index contributed by atoms with van der Waals surface area (Å²) in [5.41, 5.74) is 1.55. The molecule has 5 heteroatoms. The van der Waals surface area contributed by atoms with Gasteiger partial charge in [-0.2, -0.15) is 0 Å². The van der Waals surface area contributed by atoms with E-state index in [0.717, 1.165) is 20.9 Å². The van der Waals surface area contributed by atoms with Crippen LogP contribution in [0.4, 0.5) is 0 Å². The highest BCUT2D eigenvalue weighted by Gasteiger charge is 2.12. The van der Waals surface area contributed by atoms with E-state index in [1.165, 1.54) is 7.11 Å². The number of aromatic nitrogens is 1. The largest absolute Gasteiger partial charge is 0.481 e. The van der Waals surface area contributed by atoms with Crippen LogP contribution < -0.4 is 4.74 Å². The average Bonchev–Trinajstić information content (AvgIpc) is 2.41. The lowest BCUT2D eigenvalue weighted by Crippen LogP contribution is -2.06. The Hall–Kier alpha value is -1.62. The summed E-state index contributed by atoms with van der Waals surface area (Å²) in [6, 6.07) is 7.54. The van der Waals surface area contributed by atoms with Crippen LogP contribution in [-0.2, 0) is 16.0 Å². The van der Waals surface area contributed by atoms with Gasteiger partial charge in [-0.25, -0.2) is 4.98 Å². The Morgan fingerprint density at radius 1 is 1.28 bits per heavy atom. The first-order valence-electron chi connectivity index (χ1n) is 5.34. The number of halogens is 1. The van der Waals surface area contributed by atoms with Gasteiger partial charge in [0.05, 0.1) is 26.2 Å². The van der Waals surface area contributed by atoms with Crippen LogP contribution in [-0.4, -0.2) is 25.2 Å². The van der Waals surface area contributed by atoms with E-state index in [2.05, 4.69) is 20.9 Å². The highest BCUT2D eigenvalue weighted by atomic mass is 79.9.